The number of methoxy groups -OCH3 is 1. The molecule has 0 saturated heterocycles. The zero-order valence-electron chi connectivity index (χ0n) is 10.5. The Morgan fingerprint density at radius 1 is 1.35 bits per heavy atom. The van der Waals surface area contributed by atoms with Gasteiger partial charge in [0.25, 0.3) is 0 Å². The number of ether oxygens (including phenoxy) is 1. The van der Waals surface area contributed by atoms with Gasteiger partial charge in [0.15, 0.2) is 0 Å². The van der Waals surface area contributed by atoms with Gasteiger partial charge in [0.05, 0.1) is 13.2 Å². The minimum absolute atomic E-state index is 0.0130. The summed E-state index contributed by atoms with van der Waals surface area (Å²) in [6.07, 6.45) is 0.950. The Morgan fingerprint density at radius 2 is 2.12 bits per heavy atom. The van der Waals surface area contributed by atoms with Crippen molar-refractivity contribution >= 4 is 11.6 Å². The number of hydrogen-bond donors (Lipinski definition) is 2. The predicted octanol–water partition coefficient (Wildman–Crippen LogP) is 1.77. The van der Waals surface area contributed by atoms with Gasteiger partial charge in [-0.25, -0.2) is 0 Å². The molecule has 0 unspecified atom stereocenters. The van der Waals surface area contributed by atoms with Crippen LogP contribution in [0.5, 0.6) is 0 Å². The van der Waals surface area contributed by atoms with E-state index in [-0.39, 0.29) is 5.91 Å². The zero-order chi connectivity index (χ0) is 12.5. The standard InChI is InChI=1S/C13H20N2O2/c1-3-8-14-13(16)9-15-12-7-5-4-6-11(12)10-17-2/h4-7,15H,3,8-10H2,1-2H3,(H,14,16). The number of carbonyl (C=O) groups is 1. The fourth-order valence-corrected chi connectivity index (χ4v) is 1.48. The molecule has 1 rings (SSSR count). The second-order valence-electron chi connectivity index (χ2n) is 3.79. The SMILES string of the molecule is CCCNC(=O)CNc1ccccc1COC. The van der Waals surface area contributed by atoms with Crippen LogP contribution in [0.2, 0.25) is 0 Å². The zero-order valence-corrected chi connectivity index (χ0v) is 10.5. The van der Waals surface area contributed by atoms with E-state index in [0.29, 0.717) is 13.2 Å². The predicted molar refractivity (Wildman–Crippen MR) is 68.9 cm³/mol. The van der Waals surface area contributed by atoms with E-state index in [1.807, 2.05) is 31.2 Å². The maximum absolute atomic E-state index is 11.4. The summed E-state index contributed by atoms with van der Waals surface area (Å²) >= 11 is 0. The lowest BCUT2D eigenvalue weighted by Crippen LogP contribution is -2.30. The van der Waals surface area contributed by atoms with E-state index < -0.39 is 0 Å². The third-order valence-electron chi connectivity index (χ3n) is 2.33. The number of hydrogen-bond acceptors (Lipinski definition) is 3. The molecule has 0 radical (unpaired) electrons. The summed E-state index contributed by atoms with van der Waals surface area (Å²) in [4.78, 5) is 11.4. The summed E-state index contributed by atoms with van der Waals surface area (Å²) in [6.45, 7) is 3.59. The van der Waals surface area contributed by atoms with E-state index >= 15 is 0 Å². The number of nitrogens with one attached hydrogen (secondary N) is 2. The van der Waals surface area contributed by atoms with Crippen LogP contribution in [-0.4, -0.2) is 26.1 Å². The topological polar surface area (TPSA) is 50.4 Å². The third-order valence-corrected chi connectivity index (χ3v) is 2.33. The maximum Gasteiger partial charge on any atom is 0.239 e. The van der Waals surface area contributed by atoms with Crippen LogP contribution in [0.3, 0.4) is 0 Å². The molecule has 0 heterocycles. The van der Waals surface area contributed by atoms with Crippen LogP contribution in [-0.2, 0) is 16.1 Å². The highest BCUT2D eigenvalue weighted by atomic mass is 16.5. The Kier molecular flexibility index (Phi) is 6.10. The summed E-state index contributed by atoms with van der Waals surface area (Å²) in [5.41, 5.74) is 2.00. The number of carbonyl (C=O) groups excluding carboxylic acids is 1. The fourth-order valence-electron chi connectivity index (χ4n) is 1.48. The van der Waals surface area contributed by atoms with Crippen molar-refractivity contribution in [3.05, 3.63) is 29.8 Å². The van der Waals surface area contributed by atoms with Crippen molar-refractivity contribution < 1.29 is 9.53 Å². The minimum Gasteiger partial charge on any atom is -0.380 e. The minimum atomic E-state index is 0.0130. The Labute approximate surface area is 102 Å². The van der Waals surface area contributed by atoms with Crippen LogP contribution in [0, 0.1) is 0 Å². The molecule has 94 valence electrons. The van der Waals surface area contributed by atoms with Gasteiger partial charge in [-0.2, -0.15) is 0 Å². The van der Waals surface area contributed by atoms with Gasteiger partial charge in [-0.1, -0.05) is 25.1 Å². The normalized spacial score (nSPS) is 10.0. The average Bonchev–Trinajstić information content (AvgIpc) is 2.35. The summed E-state index contributed by atoms with van der Waals surface area (Å²) < 4.78 is 5.10. The Hall–Kier alpha value is -1.55. The van der Waals surface area contributed by atoms with Gasteiger partial charge in [-0.05, 0) is 12.5 Å². The van der Waals surface area contributed by atoms with Crippen LogP contribution in [0.25, 0.3) is 0 Å². The molecule has 1 amide bonds. The molecular weight excluding hydrogens is 216 g/mol. The van der Waals surface area contributed by atoms with Crippen LogP contribution in [0.4, 0.5) is 5.69 Å². The average molecular weight is 236 g/mol. The largest absolute Gasteiger partial charge is 0.380 e. The van der Waals surface area contributed by atoms with E-state index in [9.17, 15) is 4.79 Å². The van der Waals surface area contributed by atoms with Crippen LogP contribution < -0.4 is 10.6 Å². The molecule has 4 heteroatoms. The molecule has 1 aromatic carbocycles. The van der Waals surface area contributed by atoms with Crippen molar-refractivity contribution in [1.82, 2.24) is 5.32 Å². The first kappa shape index (κ1) is 13.5. The highest BCUT2D eigenvalue weighted by Crippen LogP contribution is 2.15. The third kappa shape index (κ3) is 4.87. The first-order valence-electron chi connectivity index (χ1n) is 5.85. The van der Waals surface area contributed by atoms with E-state index in [1.54, 1.807) is 7.11 Å². The molecule has 0 aliphatic heterocycles. The molecule has 0 aromatic heterocycles. The Morgan fingerprint density at radius 3 is 2.82 bits per heavy atom. The van der Waals surface area contributed by atoms with Crippen molar-refractivity contribution in [2.24, 2.45) is 0 Å². The molecule has 4 nitrogen and oxygen atoms in total. The van der Waals surface area contributed by atoms with Gasteiger partial charge in [0.1, 0.15) is 0 Å². The highest BCUT2D eigenvalue weighted by molar-refractivity contribution is 5.80. The molecule has 0 spiro atoms. The number of amides is 1. The first-order valence-corrected chi connectivity index (χ1v) is 5.85. The molecule has 0 atom stereocenters. The van der Waals surface area contributed by atoms with E-state index in [1.165, 1.54) is 0 Å². The smallest absolute Gasteiger partial charge is 0.239 e. The quantitative estimate of drug-likeness (QED) is 0.758. The first-order chi connectivity index (χ1) is 8.27. The molecular formula is C13H20N2O2. The number of anilines is 1. The van der Waals surface area contributed by atoms with Crippen molar-refractivity contribution in [2.45, 2.75) is 20.0 Å². The van der Waals surface area contributed by atoms with Crippen molar-refractivity contribution in [1.29, 1.82) is 0 Å². The van der Waals surface area contributed by atoms with Gasteiger partial charge in [-0.15, -0.1) is 0 Å². The molecule has 17 heavy (non-hydrogen) atoms. The van der Waals surface area contributed by atoms with Crippen LogP contribution >= 0.6 is 0 Å². The molecule has 0 aliphatic carbocycles. The summed E-state index contributed by atoms with van der Waals surface area (Å²) in [5, 5.41) is 5.94. The Bertz CT molecular complexity index is 353. The fraction of sp³-hybridized carbons (Fsp3) is 0.462. The molecule has 0 fully saturated rings. The lowest BCUT2D eigenvalue weighted by atomic mass is 10.2. The number of rotatable bonds is 7. The van der Waals surface area contributed by atoms with Crippen molar-refractivity contribution in [2.75, 3.05) is 25.5 Å². The van der Waals surface area contributed by atoms with Gasteiger partial charge in [0.2, 0.25) is 5.91 Å². The summed E-state index contributed by atoms with van der Waals surface area (Å²) in [6, 6.07) is 7.82. The highest BCUT2D eigenvalue weighted by Gasteiger charge is 2.03. The van der Waals surface area contributed by atoms with E-state index in [4.69, 9.17) is 4.74 Å². The van der Waals surface area contributed by atoms with Crippen molar-refractivity contribution in [3.63, 3.8) is 0 Å². The molecule has 0 bridgehead atoms. The molecule has 0 aliphatic rings. The van der Waals surface area contributed by atoms with Gasteiger partial charge < -0.3 is 15.4 Å². The lowest BCUT2D eigenvalue weighted by Gasteiger charge is -2.11. The van der Waals surface area contributed by atoms with E-state index in [2.05, 4.69) is 10.6 Å². The summed E-state index contributed by atoms with van der Waals surface area (Å²) in [7, 11) is 1.66. The van der Waals surface area contributed by atoms with E-state index in [0.717, 1.165) is 24.2 Å². The lowest BCUT2D eigenvalue weighted by molar-refractivity contribution is -0.119. The Balaban J connectivity index is 2.47. The molecule has 2 N–H and O–H groups in total. The van der Waals surface area contributed by atoms with Gasteiger partial charge in [-0.3, -0.25) is 4.79 Å². The van der Waals surface area contributed by atoms with Crippen LogP contribution in [0.1, 0.15) is 18.9 Å². The van der Waals surface area contributed by atoms with Gasteiger partial charge >= 0.3 is 0 Å². The number of para-hydroxylation sites is 1. The second-order valence-corrected chi connectivity index (χ2v) is 3.79. The molecule has 0 saturated carbocycles. The van der Waals surface area contributed by atoms with Crippen LogP contribution in [0.15, 0.2) is 24.3 Å². The summed E-state index contributed by atoms with van der Waals surface area (Å²) in [5.74, 6) is 0.0130. The number of benzene rings is 1. The van der Waals surface area contributed by atoms with Gasteiger partial charge in [0, 0.05) is 24.9 Å². The maximum atomic E-state index is 11.4. The monoisotopic (exact) mass is 236 g/mol. The molecule has 1 aromatic rings. The second kappa shape index (κ2) is 7.68. The van der Waals surface area contributed by atoms with Crippen molar-refractivity contribution in [3.8, 4) is 0 Å².